The highest BCUT2D eigenvalue weighted by molar-refractivity contribution is 7.99. The summed E-state index contributed by atoms with van der Waals surface area (Å²) < 4.78 is 17.4. The van der Waals surface area contributed by atoms with Gasteiger partial charge in [0.15, 0.2) is 16.7 Å². The SMILES string of the molecule is COc1cc(C=NNC(=O)CSc2nc3sc4c(c3c(=O)n2-c2ccccc2)CCCC4)cc(OC)c1OC(C)=O. The highest BCUT2D eigenvalue weighted by Gasteiger charge is 2.23. The second kappa shape index (κ2) is 12.6. The number of amides is 1. The number of aryl methyl sites for hydroxylation is 2. The predicted octanol–water partition coefficient (Wildman–Crippen LogP) is 4.51. The van der Waals surface area contributed by atoms with Gasteiger partial charge >= 0.3 is 5.97 Å². The first-order valence-electron chi connectivity index (χ1n) is 12.9. The lowest BCUT2D eigenvalue weighted by Crippen LogP contribution is -2.24. The van der Waals surface area contributed by atoms with Crippen molar-refractivity contribution in [1.82, 2.24) is 15.0 Å². The highest BCUT2D eigenvalue weighted by atomic mass is 32.2. The van der Waals surface area contributed by atoms with Gasteiger partial charge in [-0.25, -0.2) is 10.4 Å². The quantitative estimate of drug-likeness (QED) is 0.0753. The zero-order chi connectivity index (χ0) is 28.9. The zero-order valence-electron chi connectivity index (χ0n) is 22.8. The fraction of sp³-hybridized carbons (Fsp3) is 0.276. The van der Waals surface area contributed by atoms with Crippen molar-refractivity contribution in [2.75, 3.05) is 20.0 Å². The van der Waals surface area contributed by atoms with E-state index in [1.807, 2.05) is 30.3 Å². The molecule has 2 aromatic carbocycles. The Kier molecular flexibility index (Phi) is 8.70. The molecule has 0 unspecified atom stereocenters. The minimum atomic E-state index is -0.516. The third kappa shape index (κ3) is 6.13. The van der Waals surface area contributed by atoms with E-state index in [-0.39, 0.29) is 34.5 Å². The van der Waals surface area contributed by atoms with Crippen LogP contribution in [0.2, 0.25) is 0 Å². The number of fused-ring (bicyclic) bond motifs is 3. The van der Waals surface area contributed by atoms with Crippen molar-refractivity contribution in [2.24, 2.45) is 5.10 Å². The molecule has 0 fully saturated rings. The number of nitrogens with one attached hydrogen (secondary N) is 1. The fourth-order valence-electron chi connectivity index (χ4n) is 4.65. The van der Waals surface area contributed by atoms with Gasteiger partial charge in [0.2, 0.25) is 5.75 Å². The van der Waals surface area contributed by atoms with Crippen LogP contribution in [0.25, 0.3) is 15.9 Å². The molecule has 0 saturated heterocycles. The highest BCUT2D eigenvalue weighted by Crippen LogP contribution is 2.38. The van der Waals surface area contributed by atoms with Gasteiger partial charge in [0.25, 0.3) is 11.5 Å². The number of hydrazone groups is 1. The monoisotopic (exact) mass is 592 g/mol. The average molecular weight is 593 g/mol. The van der Waals surface area contributed by atoms with Gasteiger partial charge in [-0.1, -0.05) is 30.0 Å². The van der Waals surface area contributed by atoms with Gasteiger partial charge in [0.05, 0.1) is 37.3 Å². The molecule has 0 saturated carbocycles. The molecule has 0 spiro atoms. The van der Waals surface area contributed by atoms with Crippen molar-refractivity contribution in [3.63, 3.8) is 0 Å². The molecule has 1 aliphatic rings. The molecule has 2 aromatic heterocycles. The Balaban J connectivity index is 1.35. The summed E-state index contributed by atoms with van der Waals surface area (Å²) in [5.74, 6) is -0.192. The molecule has 5 rings (SSSR count). The summed E-state index contributed by atoms with van der Waals surface area (Å²) in [6, 6.07) is 12.5. The van der Waals surface area contributed by atoms with Crippen LogP contribution in [0.4, 0.5) is 0 Å². The van der Waals surface area contributed by atoms with Crippen LogP contribution in [0.5, 0.6) is 17.2 Å². The molecule has 0 bridgehead atoms. The van der Waals surface area contributed by atoms with E-state index in [9.17, 15) is 14.4 Å². The molecule has 1 amide bonds. The molecule has 2 heterocycles. The molecule has 0 radical (unpaired) electrons. The number of aromatic nitrogens is 2. The topological polar surface area (TPSA) is 121 Å². The van der Waals surface area contributed by atoms with Crippen molar-refractivity contribution < 1.29 is 23.8 Å². The van der Waals surface area contributed by atoms with Crippen molar-refractivity contribution >= 4 is 51.4 Å². The Morgan fingerprint density at radius 1 is 1.12 bits per heavy atom. The second-order valence-corrected chi connectivity index (χ2v) is 11.2. The molecule has 1 aliphatic carbocycles. The lowest BCUT2D eigenvalue weighted by Gasteiger charge is -2.13. The van der Waals surface area contributed by atoms with Gasteiger partial charge in [0.1, 0.15) is 4.83 Å². The normalized spacial score (nSPS) is 12.8. The maximum absolute atomic E-state index is 13.8. The summed E-state index contributed by atoms with van der Waals surface area (Å²) >= 11 is 2.75. The lowest BCUT2D eigenvalue weighted by molar-refractivity contribution is -0.132. The van der Waals surface area contributed by atoms with Crippen LogP contribution < -0.4 is 25.2 Å². The summed E-state index contributed by atoms with van der Waals surface area (Å²) in [6.45, 7) is 1.28. The Hall–Kier alpha value is -4.16. The summed E-state index contributed by atoms with van der Waals surface area (Å²) in [5.41, 5.74) is 4.76. The van der Waals surface area contributed by atoms with Crippen LogP contribution in [0, 0.1) is 0 Å². The molecule has 12 heteroatoms. The van der Waals surface area contributed by atoms with E-state index in [4.69, 9.17) is 19.2 Å². The van der Waals surface area contributed by atoms with Crippen molar-refractivity contribution in [1.29, 1.82) is 0 Å². The van der Waals surface area contributed by atoms with Gasteiger partial charge in [-0.05, 0) is 55.5 Å². The molecule has 41 heavy (non-hydrogen) atoms. The third-order valence-corrected chi connectivity index (χ3v) is 8.56. The zero-order valence-corrected chi connectivity index (χ0v) is 24.4. The van der Waals surface area contributed by atoms with Crippen LogP contribution >= 0.6 is 23.1 Å². The van der Waals surface area contributed by atoms with Gasteiger partial charge in [0, 0.05) is 17.4 Å². The van der Waals surface area contributed by atoms with Crippen LogP contribution in [0.1, 0.15) is 35.8 Å². The molecular formula is C29H28N4O6S2. The number of methoxy groups -OCH3 is 2. The lowest BCUT2D eigenvalue weighted by atomic mass is 9.97. The number of hydrogen-bond acceptors (Lipinski definition) is 10. The first kappa shape index (κ1) is 28.4. The molecule has 212 valence electrons. The van der Waals surface area contributed by atoms with E-state index in [1.54, 1.807) is 28.0 Å². The largest absolute Gasteiger partial charge is 0.493 e. The smallest absolute Gasteiger partial charge is 0.308 e. The van der Waals surface area contributed by atoms with E-state index in [0.717, 1.165) is 36.1 Å². The van der Waals surface area contributed by atoms with E-state index in [2.05, 4.69) is 10.5 Å². The number of para-hydroxylation sites is 1. The number of carbonyl (C=O) groups excluding carboxylic acids is 2. The number of nitrogens with zero attached hydrogens (tertiary/aromatic N) is 3. The minimum absolute atomic E-state index is 0.00869. The number of rotatable bonds is 9. The first-order valence-corrected chi connectivity index (χ1v) is 14.7. The van der Waals surface area contributed by atoms with E-state index in [1.165, 1.54) is 44.0 Å². The number of benzene rings is 2. The molecular weight excluding hydrogens is 564 g/mol. The number of ether oxygens (including phenoxy) is 3. The van der Waals surface area contributed by atoms with Crippen LogP contribution in [0.15, 0.2) is 57.5 Å². The molecule has 4 aromatic rings. The Bertz CT molecular complexity index is 1670. The van der Waals surface area contributed by atoms with Crippen molar-refractivity contribution in [2.45, 2.75) is 37.8 Å². The summed E-state index contributed by atoms with van der Waals surface area (Å²) in [7, 11) is 2.88. The van der Waals surface area contributed by atoms with Crippen LogP contribution in [-0.4, -0.2) is 47.6 Å². The average Bonchev–Trinajstić information content (AvgIpc) is 3.35. The maximum atomic E-state index is 13.8. The fourth-order valence-corrected chi connectivity index (χ4v) is 6.76. The van der Waals surface area contributed by atoms with E-state index >= 15 is 0 Å². The standard InChI is InChI=1S/C29H28N4O6S2/c1-17(34)39-26-21(37-2)13-18(14-22(26)38-3)15-30-32-24(35)16-40-29-31-27-25(20-11-7-8-12-23(20)41-27)28(36)33(29)19-9-5-4-6-10-19/h4-6,9-10,13-15H,7-8,11-12,16H2,1-3H3,(H,32,35). The Morgan fingerprint density at radius 2 is 1.83 bits per heavy atom. The van der Waals surface area contributed by atoms with Crippen molar-refractivity contribution in [3.05, 3.63) is 68.8 Å². The van der Waals surface area contributed by atoms with E-state index < -0.39 is 5.97 Å². The first-order chi connectivity index (χ1) is 19.9. The molecule has 0 atom stereocenters. The number of hydrogen-bond donors (Lipinski definition) is 1. The Morgan fingerprint density at radius 3 is 2.51 bits per heavy atom. The third-order valence-electron chi connectivity index (χ3n) is 6.44. The van der Waals surface area contributed by atoms with Crippen LogP contribution in [0.3, 0.4) is 0 Å². The number of thiophene rings is 1. The number of carbonyl (C=O) groups is 2. The summed E-state index contributed by atoms with van der Waals surface area (Å²) in [6.07, 6.45) is 5.46. The number of esters is 1. The van der Waals surface area contributed by atoms with Gasteiger partial charge < -0.3 is 14.2 Å². The molecule has 0 aliphatic heterocycles. The van der Waals surface area contributed by atoms with Gasteiger partial charge in [-0.15, -0.1) is 11.3 Å². The number of thioether (sulfide) groups is 1. The van der Waals surface area contributed by atoms with Gasteiger partial charge in [-0.3, -0.25) is 19.0 Å². The minimum Gasteiger partial charge on any atom is -0.493 e. The summed E-state index contributed by atoms with van der Waals surface area (Å²) in [4.78, 5) is 44.8. The van der Waals surface area contributed by atoms with E-state index in [0.29, 0.717) is 21.8 Å². The molecule has 1 N–H and O–H groups in total. The molecule has 10 nitrogen and oxygen atoms in total. The predicted molar refractivity (Wildman–Crippen MR) is 159 cm³/mol. The van der Waals surface area contributed by atoms with Gasteiger partial charge in [-0.2, -0.15) is 5.10 Å². The summed E-state index contributed by atoms with van der Waals surface area (Å²) in [5, 5.41) is 5.18. The van der Waals surface area contributed by atoms with Crippen LogP contribution in [-0.2, 0) is 22.4 Å². The second-order valence-electron chi connectivity index (χ2n) is 9.19. The Labute approximate surface area is 244 Å². The van der Waals surface area contributed by atoms with Crippen molar-refractivity contribution in [3.8, 4) is 22.9 Å². The maximum Gasteiger partial charge on any atom is 0.308 e.